The van der Waals surface area contributed by atoms with Crippen molar-refractivity contribution in [3.8, 4) is 0 Å². The molecule has 20 heavy (non-hydrogen) atoms. The van der Waals surface area contributed by atoms with Crippen LogP contribution in [-0.4, -0.2) is 6.61 Å². The second-order valence-electron chi connectivity index (χ2n) is 5.86. The molecule has 0 saturated heterocycles. The summed E-state index contributed by atoms with van der Waals surface area (Å²) >= 11 is 0. The van der Waals surface area contributed by atoms with Crippen LogP contribution < -0.4 is 0 Å². The molecular formula is C19H22O. The van der Waals surface area contributed by atoms with E-state index in [-0.39, 0.29) is 0 Å². The van der Waals surface area contributed by atoms with Gasteiger partial charge in [0, 0.05) is 0 Å². The molecule has 104 valence electrons. The van der Waals surface area contributed by atoms with Gasteiger partial charge in [-0.2, -0.15) is 0 Å². The molecule has 3 atom stereocenters. The Labute approximate surface area is 121 Å². The summed E-state index contributed by atoms with van der Waals surface area (Å²) in [4.78, 5) is 0. The SMILES string of the molecule is C[C@@H](c1ccccc1)[C@@H]1C[C@@H]1COCc1ccccc1. The Balaban J connectivity index is 1.43. The van der Waals surface area contributed by atoms with Crippen molar-refractivity contribution >= 4 is 0 Å². The lowest BCUT2D eigenvalue weighted by atomic mass is 9.95. The molecule has 2 aromatic rings. The maximum absolute atomic E-state index is 5.86. The van der Waals surface area contributed by atoms with Crippen LogP contribution in [0.25, 0.3) is 0 Å². The molecular weight excluding hydrogens is 244 g/mol. The highest BCUT2D eigenvalue weighted by molar-refractivity contribution is 5.21. The largest absolute Gasteiger partial charge is 0.376 e. The van der Waals surface area contributed by atoms with Crippen molar-refractivity contribution in [3.63, 3.8) is 0 Å². The standard InChI is InChI=1S/C19H22O/c1-15(17-10-6-3-7-11-17)19-12-18(19)14-20-13-16-8-4-2-5-9-16/h2-11,15,18-19H,12-14H2,1H3/t15-,18+,19-/m0/s1. The number of benzene rings is 2. The van der Waals surface area contributed by atoms with E-state index in [0.29, 0.717) is 5.92 Å². The first-order chi connectivity index (χ1) is 9.84. The maximum atomic E-state index is 5.86. The molecule has 1 aliphatic carbocycles. The van der Waals surface area contributed by atoms with Crippen molar-refractivity contribution in [2.75, 3.05) is 6.61 Å². The first-order valence-corrected chi connectivity index (χ1v) is 7.51. The Morgan fingerprint density at radius 3 is 2.35 bits per heavy atom. The van der Waals surface area contributed by atoms with E-state index in [0.717, 1.165) is 25.0 Å². The average Bonchev–Trinajstić information content (AvgIpc) is 3.28. The van der Waals surface area contributed by atoms with Gasteiger partial charge in [-0.15, -0.1) is 0 Å². The van der Waals surface area contributed by atoms with Gasteiger partial charge in [-0.25, -0.2) is 0 Å². The molecule has 1 fully saturated rings. The highest BCUT2D eigenvalue weighted by atomic mass is 16.5. The van der Waals surface area contributed by atoms with Crippen molar-refractivity contribution in [1.82, 2.24) is 0 Å². The number of hydrogen-bond donors (Lipinski definition) is 0. The Hall–Kier alpha value is -1.60. The van der Waals surface area contributed by atoms with Gasteiger partial charge in [0.15, 0.2) is 0 Å². The summed E-state index contributed by atoms with van der Waals surface area (Å²) in [6.07, 6.45) is 1.31. The van der Waals surface area contributed by atoms with Gasteiger partial charge in [0.2, 0.25) is 0 Å². The van der Waals surface area contributed by atoms with Gasteiger partial charge in [-0.05, 0) is 35.3 Å². The minimum Gasteiger partial charge on any atom is -0.376 e. The second kappa shape index (κ2) is 6.23. The molecule has 0 radical (unpaired) electrons. The zero-order chi connectivity index (χ0) is 13.8. The molecule has 1 saturated carbocycles. The Bertz CT molecular complexity index is 520. The molecule has 1 aliphatic rings. The van der Waals surface area contributed by atoms with Crippen LogP contribution in [0.15, 0.2) is 60.7 Å². The van der Waals surface area contributed by atoms with Crippen molar-refractivity contribution in [1.29, 1.82) is 0 Å². The highest BCUT2D eigenvalue weighted by Crippen LogP contribution is 2.48. The number of rotatable bonds is 6. The lowest BCUT2D eigenvalue weighted by Crippen LogP contribution is -2.03. The van der Waals surface area contributed by atoms with E-state index in [2.05, 4.69) is 61.5 Å². The summed E-state index contributed by atoms with van der Waals surface area (Å²) in [5.74, 6) is 2.20. The molecule has 0 aromatic heterocycles. The Morgan fingerprint density at radius 2 is 1.65 bits per heavy atom. The molecule has 1 heteroatoms. The fourth-order valence-electron chi connectivity index (χ4n) is 2.98. The van der Waals surface area contributed by atoms with Gasteiger partial charge < -0.3 is 4.74 Å². The zero-order valence-corrected chi connectivity index (χ0v) is 12.0. The van der Waals surface area contributed by atoms with Crippen LogP contribution in [0, 0.1) is 11.8 Å². The third-order valence-corrected chi connectivity index (χ3v) is 4.39. The van der Waals surface area contributed by atoms with Crippen molar-refractivity contribution in [3.05, 3.63) is 71.8 Å². The Kier molecular flexibility index (Phi) is 4.17. The van der Waals surface area contributed by atoms with Crippen LogP contribution >= 0.6 is 0 Å². The number of ether oxygens (including phenoxy) is 1. The quantitative estimate of drug-likeness (QED) is 0.740. The van der Waals surface area contributed by atoms with Crippen LogP contribution in [0.4, 0.5) is 0 Å². The van der Waals surface area contributed by atoms with Crippen molar-refractivity contribution < 1.29 is 4.74 Å². The van der Waals surface area contributed by atoms with Crippen molar-refractivity contribution in [2.24, 2.45) is 11.8 Å². The van der Waals surface area contributed by atoms with E-state index in [1.807, 2.05) is 6.07 Å². The molecule has 0 aliphatic heterocycles. The van der Waals surface area contributed by atoms with E-state index < -0.39 is 0 Å². The van der Waals surface area contributed by atoms with Crippen LogP contribution in [0.1, 0.15) is 30.4 Å². The normalized spacial score (nSPS) is 22.4. The first kappa shape index (κ1) is 13.4. The van der Waals surface area contributed by atoms with Gasteiger partial charge in [0.05, 0.1) is 13.2 Å². The van der Waals surface area contributed by atoms with Crippen LogP contribution in [0.5, 0.6) is 0 Å². The fourth-order valence-corrected chi connectivity index (χ4v) is 2.98. The lowest BCUT2D eigenvalue weighted by molar-refractivity contribution is 0.107. The Morgan fingerprint density at radius 1 is 1.00 bits per heavy atom. The van der Waals surface area contributed by atoms with Crippen LogP contribution in [0.2, 0.25) is 0 Å². The van der Waals surface area contributed by atoms with Gasteiger partial charge >= 0.3 is 0 Å². The smallest absolute Gasteiger partial charge is 0.0717 e. The van der Waals surface area contributed by atoms with Gasteiger partial charge in [-0.3, -0.25) is 0 Å². The van der Waals surface area contributed by atoms with Crippen LogP contribution in [-0.2, 0) is 11.3 Å². The van der Waals surface area contributed by atoms with E-state index in [9.17, 15) is 0 Å². The van der Waals surface area contributed by atoms with E-state index >= 15 is 0 Å². The third-order valence-electron chi connectivity index (χ3n) is 4.39. The average molecular weight is 266 g/mol. The van der Waals surface area contributed by atoms with E-state index in [4.69, 9.17) is 4.74 Å². The summed E-state index contributed by atoms with van der Waals surface area (Å²) < 4.78 is 5.86. The zero-order valence-electron chi connectivity index (χ0n) is 12.0. The highest BCUT2D eigenvalue weighted by Gasteiger charge is 2.41. The first-order valence-electron chi connectivity index (χ1n) is 7.51. The second-order valence-corrected chi connectivity index (χ2v) is 5.86. The topological polar surface area (TPSA) is 9.23 Å². The van der Waals surface area contributed by atoms with Crippen molar-refractivity contribution in [2.45, 2.75) is 25.9 Å². The fraction of sp³-hybridized carbons (Fsp3) is 0.368. The number of hydrogen-bond acceptors (Lipinski definition) is 1. The molecule has 2 aromatic carbocycles. The third kappa shape index (κ3) is 3.29. The molecule has 0 unspecified atom stereocenters. The van der Waals surface area contributed by atoms with Crippen LogP contribution in [0.3, 0.4) is 0 Å². The van der Waals surface area contributed by atoms with Gasteiger partial charge in [0.25, 0.3) is 0 Å². The van der Waals surface area contributed by atoms with Gasteiger partial charge in [0.1, 0.15) is 0 Å². The molecule has 0 amide bonds. The predicted octanol–water partition coefficient (Wildman–Crippen LogP) is 4.64. The summed E-state index contributed by atoms with van der Waals surface area (Å²) in [6.45, 7) is 3.98. The molecule has 1 nitrogen and oxygen atoms in total. The summed E-state index contributed by atoms with van der Waals surface area (Å²) in [5.41, 5.74) is 2.73. The predicted molar refractivity (Wildman–Crippen MR) is 82.6 cm³/mol. The van der Waals surface area contributed by atoms with Gasteiger partial charge in [-0.1, -0.05) is 67.6 Å². The molecule has 0 heterocycles. The minimum absolute atomic E-state index is 0.654. The summed E-state index contributed by atoms with van der Waals surface area (Å²) in [6, 6.07) is 21.3. The molecule has 3 rings (SSSR count). The maximum Gasteiger partial charge on any atom is 0.0717 e. The monoisotopic (exact) mass is 266 g/mol. The lowest BCUT2D eigenvalue weighted by Gasteiger charge is -2.11. The summed E-state index contributed by atoms with van der Waals surface area (Å²) in [5, 5.41) is 0. The minimum atomic E-state index is 0.654. The van der Waals surface area contributed by atoms with E-state index in [1.54, 1.807) is 0 Å². The molecule has 0 spiro atoms. The summed E-state index contributed by atoms with van der Waals surface area (Å²) in [7, 11) is 0. The molecule has 0 bridgehead atoms. The van der Waals surface area contributed by atoms with E-state index in [1.165, 1.54) is 17.5 Å². The molecule has 0 N–H and O–H groups in total.